The fourth-order valence-corrected chi connectivity index (χ4v) is 8.30. The van der Waals surface area contributed by atoms with Crippen molar-refractivity contribution in [3.63, 3.8) is 0 Å². The molecule has 1 unspecified atom stereocenters. The summed E-state index contributed by atoms with van der Waals surface area (Å²) in [7, 11) is -2.52. The van der Waals surface area contributed by atoms with Crippen LogP contribution in [0.3, 0.4) is 0 Å². The van der Waals surface area contributed by atoms with Crippen molar-refractivity contribution in [1.29, 1.82) is 0 Å². The fraction of sp³-hybridized carbons (Fsp3) is 0.360. The third-order valence-corrected chi connectivity index (χ3v) is 10.1. The minimum absolute atomic E-state index is 0.0331. The highest BCUT2D eigenvalue weighted by atomic mass is 28.4. The largest absolute Gasteiger partial charge is 0.405 e. The normalized spacial score (nSPS) is 13.9. The number of hydrogen-bond donors (Lipinski definition) is 1. The first-order chi connectivity index (χ1) is 13.3. The van der Waals surface area contributed by atoms with Gasteiger partial charge in [-0.2, -0.15) is 0 Å². The van der Waals surface area contributed by atoms with Gasteiger partial charge in [-0.3, -0.25) is 0 Å². The quantitative estimate of drug-likeness (QED) is 0.433. The topological polar surface area (TPSA) is 29.5 Å². The molecular weight excluding hydrogens is 360 g/mol. The van der Waals surface area contributed by atoms with Gasteiger partial charge < -0.3 is 9.53 Å². The summed E-state index contributed by atoms with van der Waals surface area (Å²) < 4.78 is 7.00. The van der Waals surface area contributed by atoms with E-state index in [-0.39, 0.29) is 11.1 Å². The van der Waals surface area contributed by atoms with Gasteiger partial charge in [0.25, 0.3) is 8.32 Å². The first kappa shape index (κ1) is 22.2. The van der Waals surface area contributed by atoms with Crippen LogP contribution in [-0.2, 0) is 4.43 Å². The lowest BCUT2D eigenvalue weighted by Crippen LogP contribution is -2.67. The third kappa shape index (κ3) is 5.23. The van der Waals surface area contributed by atoms with E-state index in [4.69, 9.17) is 4.43 Å². The molecule has 0 aliphatic rings. The molecule has 0 spiro atoms. The van der Waals surface area contributed by atoms with Gasteiger partial charge in [-0.05, 0) is 28.8 Å². The summed E-state index contributed by atoms with van der Waals surface area (Å²) in [6, 6.07) is 21.3. The second-order valence-electron chi connectivity index (χ2n) is 8.13. The van der Waals surface area contributed by atoms with Gasteiger partial charge in [-0.1, -0.05) is 100 Å². The molecule has 0 saturated heterocycles. The minimum atomic E-state index is -2.52. The fourth-order valence-electron chi connectivity index (χ4n) is 3.56. The Kier molecular flexibility index (Phi) is 7.83. The molecule has 0 fully saturated rings. The first-order valence-corrected chi connectivity index (χ1v) is 11.8. The summed E-state index contributed by atoms with van der Waals surface area (Å²) in [4.78, 5) is 0. The number of aliphatic hydroxyl groups is 1. The monoisotopic (exact) mass is 392 g/mol. The van der Waals surface area contributed by atoms with Gasteiger partial charge in [0.2, 0.25) is 0 Å². The molecular formula is C25H32O2Si. The van der Waals surface area contributed by atoms with Gasteiger partial charge >= 0.3 is 0 Å². The molecule has 3 heteroatoms. The first-order valence-electron chi connectivity index (χ1n) is 9.89. The summed E-state index contributed by atoms with van der Waals surface area (Å²) in [5, 5.41) is 12.0. The van der Waals surface area contributed by atoms with E-state index in [1.54, 1.807) is 0 Å². The summed E-state index contributed by atoms with van der Waals surface area (Å²) in [6.07, 6.45) is 2.25. The Labute approximate surface area is 171 Å². The van der Waals surface area contributed by atoms with Crippen molar-refractivity contribution in [2.24, 2.45) is 0 Å². The molecule has 0 aromatic heterocycles. The number of aliphatic hydroxyl groups excluding tert-OH is 1. The van der Waals surface area contributed by atoms with Gasteiger partial charge in [0.15, 0.2) is 0 Å². The van der Waals surface area contributed by atoms with E-state index < -0.39 is 14.4 Å². The van der Waals surface area contributed by atoms with Gasteiger partial charge in [0, 0.05) is 12.5 Å². The van der Waals surface area contributed by atoms with Gasteiger partial charge in [0.05, 0.1) is 0 Å². The van der Waals surface area contributed by atoms with Crippen molar-refractivity contribution in [2.75, 3.05) is 0 Å². The molecule has 2 aromatic rings. The van der Waals surface area contributed by atoms with E-state index in [1.165, 1.54) is 16.4 Å². The molecule has 1 N–H and O–H groups in total. The molecule has 0 radical (unpaired) electrons. The molecule has 148 valence electrons. The average molecular weight is 393 g/mol. The summed E-state index contributed by atoms with van der Waals surface area (Å²) in [6.45, 7) is 12.5. The van der Waals surface area contributed by atoms with Crippen LogP contribution in [0.15, 0.2) is 73.3 Å². The van der Waals surface area contributed by atoms with E-state index in [0.29, 0.717) is 6.42 Å². The van der Waals surface area contributed by atoms with E-state index in [0.717, 1.165) is 6.42 Å². The molecule has 0 amide bonds. The van der Waals surface area contributed by atoms with Crippen molar-refractivity contribution in [3.8, 4) is 11.8 Å². The van der Waals surface area contributed by atoms with Crippen LogP contribution in [0.1, 0.15) is 40.5 Å². The van der Waals surface area contributed by atoms with Crippen molar-refractivity contribution in [3.05, 3.63) is 73.3 Å². The predicted molar refractivity (Wildman–Crippen MR) is 121 cm³/mol. The lowest BCUT2D eigenvalue weighted by atomic mass is 10.2. The Morgan fingerprint density at radius 3 is 1.96 bits per heavy atom. The molecule has 2 rings (SSSR count). The lowest BCUT2D eigenvalue weighted by molar-refractivity contribution is 0.198. The maximum absolute atomic E-state index is 9.50. The predicted octanol–water partition coefficient (Wildman–Crippen LogP) is 4.28. The molecule has 0 saturated carbocycles. The highest BCUT2D eigenvalue weighted by Gasteiger charge is 2.50. The highest BCUT2D eigenvalue weighted by molar-refractivity contribution is 6.99. The van der Waals surface area contributed by atoms with Crippen molar-refractivity contribution in [2.45, 2.75) is 57.8 Å². The van der Waals surface area contributed by atoms with Crippen LogP contribution in [0.25, 0.3) is 0 Å². The Balaban J connectivity index is 2.38. The molecule has 2 atom stereocenters. The van der Waals surface area contributed by atoms with E-state index in [9.17, 15) is 5.11 Å². The summed E-state index contributed by atoms with van der Waals surface area (Å²) in [5.41, 5.74) is 0. The zero-order valence-corrected chi connectivity index (χ0v) is 18.5. The van der Waals surface area contributed by atoms with Crippen LogP contribution in [0, 0.1) is 11.8 Å². The second kappa shape index (κ2) is 9.89. The van der Waals surface area contributed by atoms with Gasteiger partial charge in [0.1, 0.15) is 6.10 Å². The van der Waals surface area contributed by atoms with E-state index in [2.05, 4.69) is 107 Å². The Hall–Kier alpha value is -2.12. The smallest absolute Gasteiger partial charge is 0.261 e. The summed E-state index contributed by atoms with van der Waals surface area (Å²) in [5.74, 6) is 5.82. The number of hydrogen-bond acceptors (Lipinski definition) is 2. The molecule has 0 heterocycles. The maximum atomic E-state index is 9.50. The maximum Gasteiger partial charge on any atom is 0.261 e. The van der Waals surface area contributed by atoms with Crippen molar-refractivity contribution >= 4 is 18.7 Å². The molecule has 0 aliphatic heterocycles. The molecule has 0 aliphatic carbocycles. The third-order valence-electron chi connectivity index (χ3n) is 4.94. The SMILES string of the molecule is C=CC(O)C#CCC[C@H](C)O[Si](c1ccccc1)(c1ccccc1)C(C)(C)C. The van der Waals surface area contributed by atoms with Crippen LogP contribution >= 0.6 is 0 Å². The Morgan fingerprint density at radius 2 is 1.54 bits per heavy atom. The Bertz CT molecular complexity index is 758. The van der Waals surface area contributed by atoms with Crippen molar-refractivity contribution in [1.82, 2.24) is 0 Å². The van der Waals surface area contributed by atoms with Crippen LogP contribution in [0.5, 0.6) is 0 Å². The second-order valence-corrected chi connectivity index (χ2v) is 12.4. The zero-order chi connectivity index (χ0) is 20.6. The van der Waals surface area contributed by atoms with Crippen LogP contribution in [-0.4, -0.2) is 25.6 Å². The number of benzene rings is 2. The van der Waals surface area contributed by atoms with Gasteiger partial charge in [-0.25, -0.2) is 0 Å². The van der Waals surface area contributed by atoms with E-state index in [1.807, 2.05) is 0 Å². The zero-order valence-electron chi connectivity index (χ0n) is 17.5. The van der Waals surface area contributed by atoms with E-state index >= 15 is 0 Å². The number of rotatable bonds is 7. The molecule has 2 aromatic carbocycles. The highest BCUT2D eigenvalue weighted by Crippen LogP contribution is 2.37. The standard InChI is InChI=1S/C25H32O2Si/c1-6-22(26)16-14-13-15-21(2)27-28(25(3,4)5,23-17-9-7-10-18-23)24-19-11-8-12-20-24/h6-12,17-22,26H,1,13,15H2,2-5H3/t21-,22?/m0/s1. The lowest BCUT2D eigenvalue weighted by Gasteiger charge is -2.44. The van der Waals surface area contributed by atoms with Crippen molar-refractivity contribution < 1.29 is 9.53 Å². The minimum Gasteiger partial charge on any atom is -0.405 e. The molecule has 28 heavy (non-hydrogen) atoms. The van der Waals surface area contributed by atoms with Crippen LogP contribution in [0.2, 0.25) is 5.04 Å². The molecule has 2 nitrogen and oxygen atoms in total. The Morgan fingerprint density at radius 1 is 1.04 bits per heavy atom. The summed E-state index contributed by atoms with van der Waals surface area (Å²) >= 11 is 0. The molecule has 0 bridgehead atoms. The van der Waals surface area contributed by atoms with Crippen LogP contribution in [0.4, 0.5) is 0 Å². The van der Waals surface area contributed by atoms with Crippen LogP contribution < -0.4 is 10.4 Å². The van der Waals surface area contributed by atoms with Gasteiger partial charge in [-0.15, -0.1) is 5.92 Å². The average Bonchev–Trinajstić information content (AvgIpc) is 2.69.